The van der Waals surface area contributed by atoms with Gasteiger partial charge in [-0.25, -0.2) is 9.69 Å². The van der Waals surface area contributed by atoms with Crippen molar-refractivity contribution < 1.29 is 28.3 Å². The molecule has 0 fully saturated rings. The zero-order valence-corrected chi connectivity index (χ0v) is 20.7. The predicted octanol–water partition coefficient (Wildman–Crippen LogP) is 4.60. The number of rotatable bonds is 10. The molecule has 3 amide bonds. The third-order valence-corrected chi connectivity index (χ3v) is 5.87. The molecule has 2 N–H and O–H groups in total. The molecule has 0 radical (unpaired) electrons. The molecule has 0 atom stereocenters. The average Bonchev–Trinajstić information content (AvgIpc) is 3.50. The summed E-state index contributed by atoms with van der Waals surface area (Å²) in [6.07, 6.45) is 3.14. The molecule has 4 rings (SSSR count). The van der Waals surface area contributed by atoms with Gasteiger partial charge >= 0.3 is 5.97 Å². The van der Waals surface area contributed by atoms with Gasteiger partial charge in [0.05, 0.1) is 30.7 Å². The lowest BCUT2D eigenvalue weighted by Gasteiger charge is -2.16. The zero-order valence-electron chi connectivity index (χ0n) is 20.0. The van der Waals surface area contributed by atoms with Crippen LogP contribution in [0.2, 0.25) is 0 Å². The first-order valence-corrected chi connectivity index (χ1v) is 12.0. The Labute approximate surface area is 218 Å². The second-order valence-corrected chi connectivity index (χ2v) is 8.52. The smallest absolute Gasteiger partial charge is 0.338 e. The molecule has 0 spiro atoms. The summed E-state index contributed by atoms with van der Waals surface area (Å²) in [5, 5.41) is 5.31. The number of ether oxygens (including phenoxy) is 1. The second kappa shape index (κ2) is 11.6. The summed E-state index contributed by atoms with van der Waals surface area (Å²) in [7, 11) is 0. The van der Waals surface area contributed by atoms with Gasteiger partial charge in [-0.05, 0) is 61.0 Å². The maximum atomic E-state index is 13.1. The lowest BCUT2D eigenvalue weighted by Crippen LogP contribution is -2.32. The summed E-state index contributed by atoms with van der Waals surface area (Å²) in [4.78, 5) is 51.5. The number of hydrogen-bond acceptors (Lipinski definition) is 7. The molecule has 10 heteroatoms. The summed E-state index contributed by atoms with van der Waals surface area (Å²) in [6, 6.07) is 15.8. The molecule has 1 aromatic heterocycles. The van der Waals surface area contributed by atoms with E-state index in [2.05, 4.69) is 10.6 Å². The number of unbranched alkanes of at least 4 members (excludes halogenated alkanes) is 1. The molecule has 0 saturated heterocycles. The van der Waals surface area contributed by atoms with Gasteiger partial charge in [-0.1, -0.05) is 31.0 Å². The van der Waals surface area contributed by atoms with E-state index >= 15 is 0 Å². The molecule has 0 unspecified atom stereocenters. The topological polar surface area (TPSA) is 118 Å². The number of carbonyl (C=O) groups is 4. The molecule has 0 aliphatic carbocycles. The molecular weight excluding hydrogens is 498 g/mol. The predicted molar refractivity (Wildman–Crippen MR) is 137 cm³/mol. The highest BCUT2D eigenvalue weighted by Crippen LogP contribution is 2.30. The number of carbonyl (C=O) groups excluding carboxylic acids is 4. The molecule has 9 nitrogen and oxygen atoms in total. The molecule has 37 heavy (non-hydrogen) atoms. The van der Waals surface area contributed by atoms with E-state index in [0.717, 1.165) is 17.7 Å². The van der Waals surface area contributed by atoms with E-state index in [1.165, 1.54) is 18.4 Å². The van der Waals surface area contributed by atoms with E-state index < -0.39 is 17.8 Å². The third kappa shape index (κ3) is 5.90. The SMILES string of the molecule is CCCCOC(=O)c1cccc(N2C(=O)C(Cl)=C(Nc3ccc(C(=O)NCc4ccco4)cc3)C2=O)c1. The van der Waals surface area contributed by atoms with Gasteiger partial charge in [0, 0.05) is 11.3 Å². The van der Waals surface area contributed by atoms with Gasteiger partial charge in [0.1, 0.15) is 16.5 Å². The number of nitrogens with zero attached hydrogens (tertiary/aromatic N) is 1. The molecule has 1 aliphatic heterocycles. The Morgan fingerprint density at radius 3 is 2.49 bits per heavy atom. The maximum absolute atomic E-state index is 13.1. The van der Waals surface area contributed by atoms with Gasteiger partial charge in [0.2, 0.25) is 0 Å². The number of esters is 1. The minimum atomic E-state index is -0.723. The monoisotopic (exact) mass is 521 g/mol. The van der Waals surface area contributed by atoms with Crippen molar-refractivity contribution in [2.45, 2.75) is 26.3 Å². The highest BCUT2D eigenvalue weighted by molar-refractivity contribution is 6.53. The van der Waals surface area contributed by atoms with Crippen molar-refractivity contribution in [3.8, 4) is 0 Å². The van der Waals surface area contributed by atoms with Crippen LogP contribution in [0.4, 0.5) is 11.4 Å². The largest absolute Gasteiger partial charge is 0.467 e. The van der Waals surface area contributed by atoms with Crippen molar-refractivity contribution >= 4 is 46.7 Å². The number of amides is 3. The minimum absolute atomic E-state index is 0.113. The molecule has 0 bridgehead atoms. The van der Waals surface area contributed by atoms with E-state index in [1.54, 1.807) is 48.5 Å². The van der Waals surface area contributed by atoms with Crippen LogP contribution < -0.4 is 15.5 Å². The molecule has 190 valence electrons. The first-order chi connectivity index (χ1) is 17.9. The Hall–Kier alpha value is -4.37. The van der Waals surface area contributed by atoms with Gasteiger partial charge in [-0.3, -0.25) is 14.4 Å². The number of hydrogen-bond donors (Lipinski definition) is 2. The van der Waals surface area contributed by atoms with E-state index in [0.29, 0.717) is 17.0 Å². The van der Waals surface area contributed by atoms with Gasteiger partial charge in [0.25, 0.3) is 17.7 Å². The molecule has 3 aromatic rings. The van der Waals surface area contributed by atoms with Crippen molar-refractivity contribution in [3.63, 3.8) is 0 Å². The van der Waals surface area contributed by atoms with Crippen LogP contribution in [0.1, 0.15) is 46.2 Å². The summed E-state index contributed by atoms with van der Waals surface area (Å²) in [5.74, 6) is -1.61. The van der Waals surface area contributed by atoms with Crippen molar-refractivity contribution in [3.05, 3.63) is 94.5 Å². The highest BCUT2D eigenvalue weighted by atomic mass is 35.5. The Kier molecular flexibility index (Phi) is 8.05. The van der Waals surface area contributed by atoms with Crippen LogP contribution in [0.15, 0.2) is 82.1 Å². The van der Waals surface area contributed by atoms with Crippen molar-refractivity contribution in [1.29, 1.82) is 0 Å². The van der Waals surface area contributed by atoms with Gasteiger partial charge in [-0.15, -0.1) is 0 Å². The van der Waals surface area contributed by atoms with Crippen molar-refractivity contribution in [2.75, 3.05) is 16.8 Å². The number of halogens is 1. The zero-order chi connectivity index (χ0) is 26.4. The summed E-state index contributed by atoms with van der Waals surface area (Å²) < 4.78 is 10.4. The van der Waals surface area contributed by atoms with Crippen LogP contribution in [0.3, 0.4) is 0 Å². The number of furan rings is 1. The normalized spacial score (nSPS) is 13.2. The van der Waals surface area contributed by atoms with Crippen LogP contribution >= 0.6 is 11.6 Å². The maximum Gasteiger partial charge on any atom is 0.338 e. The Morgan fingerprint density at radius 1 is 1.00 bits per heavy atom. The molecular formula is C27H24ClN3O6. The first-order valence-electron chi connectivity index (χ1n) is 11.6. The third-order valence-electron chi connectivity index (χ3n) is 5.52. The molecule has 1 aliphatic rings. The average molecular weight is 522 g/mol. The van der Waals surface area contributed by atoms with E-state index in [1.807, 2.05) is 6.92 Å². The lowest BCUT2D eigenvalue weighted by molar-refractivity contribution is -0.120. The molecule has 2 heterocycles. The highest BCUT2D eigenvalue weighted by Gasteiger charge is 2.39. The van der Waals surface area contributed by atoms with Gasteiger partial charge < -0.3 is 19.8 Å². The minimum Gasteiger partial charge on any atom is -0.467 e. The quantitative estimate of drug-likeness (QED) is 0.227. The van der Waals surface area contributed by atoms with Crippen LogP contribution in [0, 0.1) is 0 Å². The lowest BCUT2D eigenvalue weighted by atomic mass is 10.2. The Morgan fingerprint density at radius 2 is 1.78 bits per heavy atom. The Bertz CT molecular complexity index is 1350. The van der Waals surface area contributed by atoms with Crippen LogP contribution in [-0.4, -0.2) is 30.3 Å². The number of nitrogens with one attached hydrogen (secondary N) is 2. The number of anilines is 2. The molecule has 2 aromatic carbocycles. The summed E-state index contributed by atoms with van der Waals surface area (Å²) in [5.41, 5.74) is 1.14. The second-order valence-electron chi connectivity index (χ2n) is 8.14. The van der Waals surface area contributed by atoms with Gasteiger partial charge in [-0.2, -0.15) is 0 Å². The van der Waals surface area contributed by atoms with Crippen molar-refractivity contribution in [2.24, 2.45) is 0 Å². The summed E-state index contributed by atoms with van der Waals surface area (Å²) in [6.45, 7) is 2.52. The van der Waals surface area contributed by atoms with E-state index in [4.69, 9.17) is 20.8 Å². The number of benzene rings is 2. The Balaban J connectivity index is 1.43. The van der Waals surface area contributed by atoms with E-state index in [9.17, 15) is 19.2 Å². The fourth-order valence-electron chi connectivity index (χ4n) is 3.54. The van der Waals surface area contributed by atoms with Crippen LogP contribution in [0.5, 0.6) is 0 Å². The first kappa shape index (κ1) is 25.7. The fourth-order valence-corrected chi connectivity index (χ4v) is 3.75. The number of imide groups is 1. The van der Waals surface area contributed by atoms with Crippen molar-refractivity contribution in [1.82, 2.24) is 5.32 Å². The standard InChI is InChI=1S/C27H24ClN3O6/c1-2-3-13-37-27(35)18-6-4-7-20(15-18)31-25(33)22(28)23(26(31)34)30-19-11-9-17(10-12-19)24(32)29-16-21-8-5-14-36-21/h4-12,14-15,30H,2-3,13,16H2,1H3,(H,29,32). The summed E-state index contributed by atoms with van der Waals surface area (Å²) >= 11 is 6.22. The van der Waals surface area contributed by atoms with E-state index in [-0.39, 0.29) is 41.0 Å². The fraction of sp³-hybridized carbons (Fsp3) is 0.185. The van der Waals surface area contributed by atoms with Crippen LogP contribution in [-0.2, 0) is 20.9 Å². The molecule has 0 saturated carbocycles. The van der Waals surface area contributed by atoms with Crippen LogP contribution in [0.25, 0.3) is 0 Å². The van der Waals surface area contributed by atoms with Gasteiger partial charge in [0.15, 0.2) is 0 Å².